The molecule has 0 aliphatic carbocycles. The van der Waals surface area contributed by atoms with Crippen LogP contribution in [0.2, 0.25) is 0 Å². The van der Waals surface area contributed by atoms with Gasteiger partial charge in [0.25, 0.3) is 0 Å². The topological polar surface area (TPSA) is 57.6 Å². The first-order valence-corrected chi connectivity index (χ1v) is 4.19. The van der Waals surface area contributed by atoms with E-state index in [0.29, 0.717) is 19.4 Å². The smallest absolute Gasteiger partial charge is 0.326 e. The van der Waals surface area contributed by atoms with E-state index < -0.39 is 12.0 Å². The van der Waals surface area contributed by atoms with E-state index in [4.69, 9.17) is 5.11 Å². The zero-order chi connectivity index (χ0) is 9.14. The molecule has 0 bridgehead atoms. The molecule has 0 spiro atoms. The first kappa shape index (κ1) is 9.03. The van der Waals surface area contributed by atoms with Crippen molar-refractivity contribution in [3.05, 3.63) is 0 Å². The molecule has 1 heterocycles. The molecule has 4 nitrogen and oxygen atoms in total. The van der Waals surface area contributed by atoms with Crippen molar-refractivity contribution in [2.75, 3.05) is 6.54 Å². The molecule has 1 rings (SSSR count). The normalized spacial score (nSPS) is 22.8. The van der Waals surface area contributed by atoms with E-state index in [1.165, 1.54) is 4.90 Å². The minimum atomic E-state index is -0.880. The van der Waals surface area contributed by atoms with Crippen LogP contribution in [0.25, 0.3) is 0 Å². The molecule has 1 fully saturated rings. The number of likely N-dealkylation sites (tertiary alicyclic amines) is 1. The van der Waals surface area contributed by atoms with E-state index in [9.17, 15) is 9.59 Å². The molecule has 68 valence electrons. The second kappa shape index (κ2) is 3.56. The molecule has 0 unspecified atom stereocenters. The summed E-state index contributed by atoms with van der Waals surface area (Å²) in [6.07, 6.45) is 1.80. The van der Waals surface area contributed by atoms with Crippen molar-refractivity contribution in [2.24, 2.45) is 0 Å². The summed E-state index contributed by atoms with van der Waals surface area (Å²) in [5.41, 5.74) is 0. The molecule has 0 aromatic heterocycles. The lowest BCUT2D eigenvalue weighted by Gasteiger charge is -2.20. The quantitative estimate of drug-likeness (QED) is 0.657. The third-order valence-electron chi connectivity index (χ3n) is 2.16. The van der Waals surface area contributed by atoms with Gasteiger partial charge in [0.1, 0.15) is 6.04 Å². The van der Waals surface area contributed by atoms with Gasteiger partial charge in [0.2, 0.25) is 5.91 Å². The number of carbonyl (C=O) groups is 2. The lowest BCUT2D eigenvalue weighted by atomic mass is 10.2. The Morgan fingerprint density at radius 2 is 2.25 bits per heavy atom. The van der Waals surface area contributed by atoms with E-state index in [0.717, 1.165) is 6.42 Å². The second-order valence-electron chi connectivity index (χ2n) is 2.94. The third-order valence-corrected chi connectivity index (χ3v) is 2.16. The van der Waals surface area contributed by atoms with Crippen LogP contribution in [0.3, 0.4) is 0 Å². The number of nitrogens with zero attached hydrogens (tertiary/aromatic N) is 1. The molecule has 1 atom stereocenters. The summed E-state index contributed by atoms with van der Waals surface area (Å²) in [5.74, 6) is -0.936. The van der Waals surface area contributed by atoms with Gasteiger partial charge in [-0.15, -0.1) is 0 Å². The predicted molar refractivity (Wildman–Crippen MR) is 42.7 cm³/mol. The fourth-order valence-electron chi connectivity index (χ4n) is 1.53. The fourth-order valence-corrected chi connectivity index (χ4v) is 1.53. The van der Waals surface area contributed by atoms with Gasteiger partial charge in [-0.3, -0.25) is 4.79 Å². The van der Waals surface area contributed by atoms with Crippen LogP contribution in [-0.2, 0) is 9.59 Å². The van der Waals surface area contributed by atoms with Crippen LogP contribution in [0, 0.1) is 0 Å². The molecular formula is C8H13NO3. The van der Waals surface area contributed by atoms with Gasteiger partial charge in [-0.1, -0.05) is 6.92 Å². The van der Waals surface area contributed by atoms with E-state index in [1.54, 1.807) is 6.92 Å². The molecule has 1 amide bonds. The summed E-state index contributed by atoms with van der Waals surface area (Å²) in [4.78, 5) is 23.3. The maximum atomic E-state index is 11.2. The monoisotopic (exact) mass is 171 g/mol. The van der Waals surface area contributed by atoms with Crippen LogP contribution < -0.4 is 0 Å². The number of hydrogen-bond donors (Lipinski definition) is 1. The zero-order valence-electron chi connectivity index (χ0n) is 7.12. The SMILES string of the molecule is CCC(=O)N1CCC[C@@H]1C(=O)O. The molecular weight excluding hydrogens is 158 g/mol. The van der Waals surface area contributed by atoms with Crippen LogP contribution in [0.1, 0.15) is 26.2 Å². The highest BCUT2D eigenvalue weighted by molar-refractivity contribution is 5.84. The lowest BCUT2D eigenvalue weighted by Crippen LogP contribution is -2.39. The van der Waals surface area contributed by atoms with Crippen LogP contribution >= 0.6 is 0 Å². The zero-order valence-corrected chi connectivity index (χ0v) is 7.12. The Morgan fingerprint density at radius 3 is 2.75 bits per heavy atom. The molecule has 0 aromatic carbocycles. The van der Waals surface area contributed by atoms with E-state index in [-0.39, 0.29) is 5.91 Å². The summed E-state index contributed by atoms with van der Waals surface area (Å²) >= 11 is 0. The molecule has 0 saturated carbocycles. The molecule has 12 heavy (non-hydrogen) atoms. The first-order valence-electron chi connectivity index (χ1n) is 4.19. The molecule has 0 aromatic rings. The van der Waals surface area contributed by atoms with Crippen LogP contribution in [0.4, 0.5) is 0 Å². The van der Waals surface area contributed by atoms with Crippen LogP contribution in [-0.4, -0.2) is 34.5 Å². The Bertz CT molecular complexity index is 202. The van der Waals surface area contributed by atoms with E-state index in [2.05, 4.69) is 0 Å². The fraction of sp³-hybridized carbons (Fsp3) is 0.750. The van der Waals surface area contributed by atoms with Gasteiger partial charge >= 0.3 is 5.97 Å². The minimum absolute atomic E-state index is 0.0556. The number of carboxylic acid groups (broad SMARTS) is 1. The Labute approximate surface area is 71.2 Å². The van der Waals surface area contributed by atoms with Crippen LogP contribution in [0.15, 0.2) is 0 Å². The first-order chi connectivity index (χ1) is 5.66. The van der Waals surface area contributed by atoms with Crippen molar-refractivity contribution in [2.45, 2.75) is 32.2 Å². The molecule has 1 aliphatic rings. The maximum Gasteiger partial charge on any atom is 0.326 e. The van der Waals surface area contributed by atoms with Gasteiger partial charge in [-0.05, 0) is 12.8 Å². The average Bonchev–Trinajstić information content (AvgIpc) is 2.50. The summed E-state index contributed by atoms with van der Waals surface area (Å²) < 4.78 is 0. The van der Waals surface area contributed by atoms with Gasteiger partial charge in [0.05, 0.1) is 0 Å². The summed E-state index contributed by atoms with van der Waals surface area (Å²) in [6, 6.07) is -0.572. The van der Waals surface area contributed by atoms with E-state index >= 15 is 0 Å². The number of hydrogen-bond acceptors (Lipinski definition) is 2. The van der Waals surface area contributed by atoms with Crippen molar-refractivity contribution in [1.29, 1.82) is 0 Å². The van der Waals surface area contributed by atoms with Gasteiger partial charge < -0.3 is 10.0 Å². The van der Waals surface area contributed by atoms with Gasteiger partial charge in [-0.25, -0.2) is 4.79 Å². The van der Waals surface area contributed by atoms with Gasteiger partial charge in [0.15, 0.2) is 0 Å². The average molecular weight is 171 g/mol. The Kier molecular flexibility index (Phi) is 2.68. The highest BCUT2D eigenvalue weighted by Crippen LogP contribution is 2.17. The van der Waals surface area contributed by atoms with Crippen molar-refractivity contribution in [3.63, 3.8) is 0 Å². The number of amides is 1. The van der Waals surface area contributed by atoms with Gasteiger partial charge in [0, 0.05) is 13.0 Å². The predicted octanol–water partition coefficient (Wildman–Crippen LogP) is 0.472. The van der Waals surface area contributed by atoms with Crippen molar-refractivity contribution >= 4 is 11.9 Å². The standard InChI is InChI=1S/C8H13NO3/c1-2-7(10)9-5-3-4-6(9)8(11)12/h6H,2-5H2,1H3,(H,11,12)/t6-/m1/s1. The molecule has 0 radical (unpaired) electrons. The molecule has 1 saturated heterocycles. The summed E-state index contributed by atoms with van der Waals surface area (Å²) in [5, 5.41) is 8.73. The minimum Gasteiger partial charge on any atom is -0.480 e. The number of carboxylic acids is 1. The van der Waals surface area contributed by atoms with Crippen LogP contribution in [0.5, 0.6) is 0 Å². The van der Waals surface area contributed by atoms with Gasteiger partial charge in [-0.2, -0.15) is 0 Å². The summed E-state index contributed by atoms with van der Waals surface area (Å²) in [7, 11) is 0. The Balaban J connectivity index is 2.63. The van der Waals surface area contributed by atoms with Crippen molar-refractivity contribution in [3.8, 4) is 0 Å². The highest BCUT2D eigenvalue weighted by atomic mass is 16.4. The molecule has 1 aliphatic heterocycles. The number of rotatable bonds is 2. The maximum absolute atomic E-state index is 11.2. The number of aliphatic carboxylic acids is 1. The molecule has 1 N–H and O–H groups in total. The Morgan fingerprint density at radius 1 is 1.58 bits per heavy atom. The van der Waals surface area contributed by atoms with E-state index in [1.807, 2.05) is 0 Å². The highest BCUT2D eigenvalue weighted by Gasteiger charge is 2.32. The molecule has 4 heteroatoms. The third kappa shape index (κ3) is 1.57. The second-order valence-corrected chi connectivity index (χ2v) is 2.94. The van der Waals surface area contributed by atoms with Crippen molar-refractivity contribution < 1.29 is 14.7 Å². The lowest BCUT2D eigenvalue weighted by molar-refractivity contribution is -0.148. The Hall–Kier alpha value is -1.06. The number of carbonyl (C=O) groups excluding carboxylic acids is 1. The summed E-state index contributed by atoms with van der Waals surface area (Å²) in [6.45, 7) is 2.35. The largest absolute Gasteiger partial charge is 0.480 e. The van der Waals surface area contributed by atoms with Crippen molar-refractivity contribution in [1.82, 2.24) is 4.90 Å².